The molecule has 0 atom stereocenters. The Balaban J connectivity index is 1.89. The summed E-state index contributed by atoms with van der Waals surface area (Å²) in [6, 6.07) is 7.93. The van der Waals surface area contributed by atoms with E-state index in [9.17, 15) is 0 Å². The van der Waals surface area contributed by atoms with Crippen LogP contribution in [-0.2, 0) is 6.61 Å². The molecule has 0 amide bonds. The molecule has 4 nitrogen and oxygen atoms in total. The largest absolute Gasteiger partial charge is 0.487 e. The van der Waals surface area contributed by atoms with Gasteiger partial charge in [0, 0.05) is 10.1 Å². The Morgan fingerprint density at radius 1 is 1.26 bits per heavy atom. The van der Waals surface area contributed by atoms with E-state index in [0.29, 0.717) is 6.61 Å². The van der Waals surface area contributed by atoms with Crippen LogP contribution in [0.1, 0.15) is 19.0 Å². The Bertz CT molecular complexity index is 516. The highest BCUT2D eigenvalue weighted by molar-refractivity contribution is 14.1. The number of nitrogens with one attached hydrogen (secondary N) is 1. The molecular formula is C14H16IN3O. The van der Waals surface area contributed by atoms with E-state index >= 15 is 0 Å². The molecule has 0 aliphatic carbocycles. The first kappa shape index (κ1) is 14.0. The fraction of sp³-hybridized carbons (Fsp3) is 0.286. The first-order valence-electron chi connectivity index (χ1n) is 6.21. The van der Waals surface area contributed by atoms with Crippen molar-refractivity contribution >= 4 is 28.4 Å². The molecule has 5 heteroatoms. The van der Waals surface area contributed by atoms with E-state index in [1.165, 1.54) is 0 Å². The van der Waals surface area contributed by atoms with Gasteiger partial charge in [0.05, 0.1) is 18.1 Å². The van der Waals surface area contributed by atoms with Crippen LogP contribution in [0.3, 0.4) is 0 Å². The van der Waals surface area contributed by atoms with Crippen molar-refractivity contribution in [2.45, 2.75) is 20.0 Å². The molecule has 2 aromatic rings. The van der Waals surface area contributed by atoms with E-state index in [1.54, 1.807) is 12.4 Å². The fourth-order valence-electron chi connectivity index (χ4n) is 1.49. The van der Waals surface area contributed by atoms with Crippen molar-refractivity contribution in [2.75, 3.05) is 11.9 Å². The first-order chi connectivity index (χ1) is 9.28. The van der Waals surface area contributed by atoms with Crippen LogP contribution in [-0.4, -0.2) is 16.5 Å². The number of nitrogens with zero attached hydrogens (tertiary/aromatic N) is 2. The quantitative estimate of drug-likeness (QED) is 0.792. The molecule has 1 aromatic carbocycles. The lowest BCUT2D eigenvalue weighted by atomic mass is 10.3. The number of halogens is 1. The minimum Gasteiger partial charge on any atom is -0.487 e. The number of rotatable bonds is 6. The molecule has 0 aliphatic heterocycles. The monoisotopic (exact) mass is 369 g/mol. The lowest BCUT2D eigenvalue weighted by Gasteiger charge is -2.07. The second kappa shape index (κ2) is 7.28. The summed E-state index contributed by atoms with van der Waals surface area (Å²) in [7, 11) is 0. The standard InChI is InChI=1S/C14H16IN3O/c1-2-6-16-14-9-17-12(8-18-14)10-19-13-5-3-4-11(15)7-13/h3-5,7-9H,2,6,10H2,1H3,(H,16,18). The third-order valence-corrected chi connectivity index (χ3v) is 3.12. The van der Waals surface area contributed by atoms with Gasteiger partial charge in [-0.1, -0.05) is 13.0 Å². The predicted octanol–water partition coefficient (Wildman–Crippen LogP) is 3.48. The molecule has 0 radical (unpaired) electrons. The maximum atomic E-state index is 5.67. The van der Waals surface area contributed by atoms with Gasteiger partial charge in [-0.2, -0.15) is 0 Å². The highest BCUT2D eigenvalue weighted by Gasteiger charge is 1.99. The lowest BCUT2D eigenvalue weighted by molar-refractivity contribution is 0.300. The van der Waals surface area contributed by atoms with E-state index in [0.717, 1.165) is 33.8 Å². The molecule has 0 spiro atoms. The zero-order valence-corrected chi connectivity index (χ0v) is 12.9. The van der Waals surface area contributed by atoms with Crippen molar-refractivity contribution in [2.24, 2.45) is 0 Å². The van der Waals surface area contributed by atoms with E-state index in [4.69, 9.17) is 4.74 Å². The Kier molecular flexibility index (Phi) is 5.38. The van der Waals surface area contributed by atoms with E-state index in [2.05, 4.69) is 44.8 Å². The van der Waals surface area contributed by atoms with Gasteiger partial charge in [-0.3, -0.25) is 4.98 Å². The van der Waals surface area contributed by atoms with Crippen LogP contribution in [0, 0.1) is 3.57 Å². The van der Waals surface area contributed by atoms with Gasteiger partial charge in [0.2, 0.25) is 0 Å². The van der Waals surface area contributed by atoms with E-state index in [1.807, 2.05) is 24.3 Å². The van der Waals surface area contributed by atoms with Crippen molar-refractivity contribution in [1.29, 1.82) is 0 Å². The first-order valence-corrected chi connectivity index (χ1v) is 7.29. The fourth-order valence-corrected chi connectivity index (χ4v) is 2.00. The topological polar surface area (TPSA) is 47.0 Å². The van der Waals surface area contributed by atoms with Gasteiger partial charge >= 0.3 is 0 Å². The molecule has 100 valence electrons. The number of aromatic nitrogens is 2. The molecule has 0 aliphatic rings. The molecule has 1 heterocycles. The number of benzene rings is 1. The van der Waals surface area contributed by atoms with Crippen LogP contribution in [0.4, 0.5) is 5.82 Å². The van der Waals surface area contributed by atoms with Crippen molar-refractivity contribution < 1.29 is 4.74 Å². The second-order valence-corrected chi connectivity index (χ2v) is 5.31. The lowest BCUT2D eigenvalue weighted by Crippen LogP contribution is -2.04. The molecule has 19 heavy (non-hydrogen) atoms. The smallest absolute Gasteiger partial charge is 0.144 e. The van der Waals surface area contributed by atoms with Crippen LogP contribution in [0.2, 0.25) is 0 Å². The predicted molar refractivity (Wildman–Crippen MR) is 84.3 cm³/mol. The summed E-state index contributed by atoms with van der Waals surface area (Å²) >= 11 is 2.26. The Labute approximate surface area is 126 Å². The van der Waals surface area contributed by atoms with E-state index in [-0.39, 0.29) is 0 Å². The van der Waals surface area contributed by atoms with E-state index < -0.39 is 0 Å². The highest BCUT2D eigenvalue weighted by atomic mass is 127. The summed E-state index contributed by atoms with van der Waals surface area (Å²) in [5, 5.41) is 3.19. The van der Waals surface area contributed by atoms with Gasteiger partial charge in [0.15, 0.2) is 0 Å². The maximum Gasteiger partial charge on any atom is 0.144 e. The van der Waals surface area contributed by atoms with Crippen LogP contribution in [0.25, 0.3) is 0 Å². The third-order valence-electron chi connectivity index (χ3n) is 2.44. The average molecular weight is 369 g/mol. The summed E-state index contributed by atoms with van der Waals surface area (Å²) in [5.41, 5.74) is 0.820. The summed E-state index contributed by atoms with van der Waals surface area (Å²) in [5.74, 6) is 1.65. The normalized spacial score (nSPS) is 10.2. The molecule has 0 bridgehead atoms. The van der Waals surface area contributed by atoms with Crippen molar-refractivity contribution in [3.63, 3.8) is 0 Å². The SMILES string of the molecule is CCCNc1cnc(COc2cccc(I)c2)cn1. The summed E-state index contributed by atoms with van der Waals surface area (Å²) < 4.78 is 6.82. The molecule has 0 unspecified atom stereocenters. The minimum absolute atomic E-state index is 0.432. The zero-order valence-electron chi connectivity index (χ0n) is 10.8. The average Bonchev–Trinajstić information content (AvgIpc) is 2.44. The maximum absolute atomic E-state index is 5.67. The summed E-state index contributed by atoms with van der Waals surface area (Å²) in [4.78, 5) is 8.61. The van der Waals surface area contributed by atoms with Gasteiger partial charge in [-0.15, -0.1) is 0 Å². The molecule has 1 N–H and O–H groups in total. The van der Waals surface area contributed by atoms with Crippen LogP contribution in [0.15, 0.2) is 36.7 Å². The second-order valence-electron chi connectivity index (χ2n) is 4.07. The molecule has 1 aromatic heterocycles. The van der Waals surface area contributed by atoms with Gasteiger partial charge < -0.3 is 10.1 Å². The molecule has 2 rings (SSSR count). The Morgan fingerprint density at radius 3 is 2.84 bits per heavy atom. The van der Waals surface area contributed by atoms with Crippen LogP contribution < -0.4 is 10.1 Å². The summed E-state index contributed by atoms with van der Waals surface area (Å²) in [6.45, 7) is 3.46. The van der Waals surface area contributed by atoms with Crippen molar-refractivity contribution in [1.82, 2.24) is 9.97 Å². The third kappa shape index (κ3) is 4.66. The highest BCUT2D eigenvalue weighted by Crippen LogP contribution is 2.15. The van der Waals surface area contributed by atoms with Crippen molar-refractivity contribution in [3.05, 3.63) is 45.9 Å². The number of hydrogen-bond donors (Lipinski definition) is 1. The molecule has 0 saturated carbocycles. The molecular weight excluding hydrogens is 353 g/mol. The van der Waals surface area contributed by atoms with Gasteiger partial charge in [0.1, 0.15) is 18.2 Å². The molecule has 0 saturated heterocycles. The minimum atomic E-state index is 0.432. The van der Waals surface area contributed by atoms with Crippen LogP contribution >= 0.6 is 22.6 Å². The zero-order chi connectivity index (χ0) is 13.5. The number of hydrogen-bond acceptors (Lipinski definition) is 4. The Hall–Kier alpha value is -1.37. The van der Waals surface area contributed by atoms with Crippen molar-refractivity contribution in [3.8, 4) is 5.75 Å². The van der Waals surface area contributed by atoms with Gasteiger partial charge in [-0.05, 0) is 47.2 Å². The van der Waals surface area contributed by atoms with Gasteiger partial charge in [0.25, 0.3) is 0 Å². The number of ether oxygens (including phenoxy) is 1. The van der Waals surface area contributed by atoms with Gasteiger partial charge in [-0.25, -0.2) is 4.98 Å². The summed E-state index contributed by atoms with van der Waals surface area (Å²) in [6.07, 6.45) is 4.55. The Morgan fingerprint density at radius 2 is 2.16 bits per heavy atom. The molecule has 0 fully saturated rings. The number of anilines is 1. The van der Waals surface area contributed by atoms with Crippen LogP contribution in [0.5, 0.6) is 5.75 Å².